The maximum atomic E-state index is 11.0. The van der Waals surface area contributed by atoms with Crippen LogP contribution in [0.25, 0.3) is 0 Å². The minimum atomic E-state index is 0.0164. The fourth-order valence-corrected chi connectivity index (χ4v) is 2.22. The molecule has 1 aliphatic rings. The van der Waals surface area contributed by atoms with Gasteiger partial charge in [0.15, 0.2) is 0 Å². The predicted octanol–water partition coefficient (Wildman–Crippen LogP) is -0.375. The van der Waals surface area contributed by atoms with Gasteiger partial charge in [0.1, 0.15) is 0 Å². The number of anilines is 3. The average molecular weight is 279 g/mol. The van der Waals surface area contributed by atoms with Crippen LogP contribution < -0.4 is 20.9 Å². The quantitative estimate of drug-likeness (QED) is 0.778. The normalized spacial score (nSPS) is 16.1. The fourth-order valence-electron chi connectivity index (χ4n) is 2.22. The summed E-state index contributed by atoms with van der Waals surface area (Å²) in [6.45, 7) is 3.13. The molecular formula is C12H21N7O. The minimum absolute atomic E-state index is 0.0164. The first-order chi connectivity index (χ1) is 9.45. The molecule has 1 saturated heterocycles. The van der Waals surface area contributed by atoms with Gasteiger partial charge in [0, 0.05) is 40.2 Å². The molecule has 1 aromatic rings. The summed E-state index contributed by atoms with van der Waals surface area (Å²) in [5.74, 6) is 1.39. The van der Waals surface area contributed by atoms with Gasteiger partial charge in [0.25, 0.3) is 0 Å². The number of nitrogens with one attached hydrogen (secondary N) is 1. The van der Waals surface area contributed by atoms with Crippen molar-refractivity contribution in [1.29, 1.82) is 0 Å². The zero-order valence-corrected chi connectivity index (χ0v) is 12.1. The van der Waals surface area contributed by atoms with Crippen LogP contribution in [-0.4, -0.2) is 54.1 Å². The van der Waals surface area contributed by atoms with Crippen molar-refractivity contribution in [1.82, 2.24) is 20.3 Å². The lowest BCUT2D eigenvalue weighted by Crippen LogP contribution is -2.44. The number of amides is 1. The summed E-state index contributed by atoms with van der Waals surface area (Å²) in [7, 11) is 3.73. The molecule has 1 aromatic heterocycles. The molecule has 0 radical (unpaired) electrons. The average Bonchev–Trinajstić information content (AvgIpc) is 2.38. The lowest BCUT2D eigenvalue weighted by Gasteiger charge is -2.32. The summed E-state index contributed by atoms with van der Waals surface area (Å²) >= 11 is 0. The highest BCUT2D eigenvalue weighted by molar-refractivity contribution is 5.73. The van der Waals surface area contributed by atoms with Crippen LogP contribution in [0.1, 0.15) is 19.8 Å². The first-order valence-electron chi connectivity index (χ1n) is 6.66. The minimum Gasteiger partial charge on any atom is -0.368 e. The molecule has 1 amide bonds. The van der Waals surface area contributed by atoms with Crippen molar-refractivity contribution in [2.75, 3.05) is 42.7 Å². The summed E-state index contributed by atoms with van der Waals surface area (Å²) < 4.78 is 0. The fraction of sp³-hybridized carbons (Fsp3) is 0.667. The zero-order chi connectivity index (χ0) is 14.7. The van der Waals surface area contributed by atoms with Crippen molar-refractivity contribution in [3.8, 4) is 0 Å². The summed E-state index contributed by atoms with van der Waals surface area (Å²) in [6, 6.07) is 0.233. The third-order valence-corrected chi connectivity index (χ3v) is 3.21. The third-order valence-electron chi connectivity index (χ3n) is 3.21. The molecule has 0 aromatic carbocycles. The number of nitrogens with two attached hydrogens (primary N) is 1. The van der Waals surface area contributed by atoms with Gasteiger partial charge in [-0.2, -0.15) is 15.0 Å². The number of hydrogen-bond acceptors (Lipinski definition) is 7. The van der Waals surface area contributed by atoms with Crippen LogP contribution in [0.4, 0.5) is 17.8 Å². The van der Waals surface area contributed by atoms with Crippen molar-refractivity contribution in [2.24, 2.45) is 0 Å². The Labute approximate surface area is 118 Å². The highest BCUT2D eigenvalue weighted by Gasteiger charge is 2.22. The first-order valence-corrected chi connectivity index (χ1v) is 6.66. The Morgan fingerprint density at radius 2 is 1.95 bits per heavy atom. The Balaban J connectivity index is 2.05. The Hall–Kier alpha value is -2.12. The number of rotatable bonds is 3. The molecule has 0 unspecified atom stereocenters. The van der Waals surface area contributed by atoms with Crippen LogP contribution in [0, 0.1) is 0 Å². The van der Waals surface area contributed by atoms with Crippen LogP contribution >= 0.6 is 0 Å². The van der Waals surface area contributed by atoms with Gasteiger partial charge in [-0.15, -0.1) is 0 Å². The highest BCUT2D eigenvalue weighted by atomic mass is 16.1. The van der Waals surface area contributed by atoms with E-state index in [4.69, 9.17) is 5.73 Å². The van der Waals surface area contributed by atoms with E-state index in [1.165, 1.54) is 0 Å². The van der Waals surface area contributed by atoms with E-state index in [9.17, 15) is 4.79 Å². The Morgan fingerprint density at radius 1 is 1.30 bits per heavy atom. The smallest absolute Gasteiger partial charge is 0.231 e. The molecule has 1 aliphatic heterocycles. The van der Waals surface area contributed by atoms with Gasteiger partial charge < -0.3 is 20.9 Å². The van der Waals surface area contributed by atoms with Crippen molar-refractivity contribution in [3.05, 3.63) is 0 Å². The van der Waals surface area contributed by atoms with Crippen LogP contribution in [0.15, 0.2) is 0 Å². The molecule has 1 fully saturated rings. The maximum Gasteiger partial charge on any atom is 0.231 e. The van der Waals surface area contributed by atoms with Crippen LogP contribution in [-0.2, 0) is 4.79 Å². The lowest BCUT2D eigenvalue weighted by molar-refractivity contribution is -0.119. The molecule has 2 rings (SSSR count). The lowest BCUT2D eigenvalue weighted by atomic mass is 10.1. The van der Waals surface area contributed by atoms with Gasteiger partial charge >= 0.3 is 0 Å². The number of nitrogen functional groups attached to an aromatic ring is 1. The number of hydrogen-bond donors (Lipinski definition) is 2. The predicted molar refractivity (Wildman–Crippen MR) is 77.6 cm³/mol. The summed E-state index contributed by atoms with van der Waals surface area (Å²) in [5.41, 5.74) is 5.72. The molecule has 8 heteroatoms. The molecule has 0 spiro atoms. The van der Waals surface area contributed by atoms with Crippen molar-refractivity contribution in [2.45, 2.75) is 25.8 Å². The second-order valence-corrected chi connectivity index (χ2v) is 5.15. The zero-order valence-electron chi connectivity index (χ0n) is 12.1. The second kappa shape index (κ2) is 5.89. The van der Waals surface area contributed by atoms with Gasteiger partial charge in [0.2, 0.25) is 23.8 Å². The van der Waals surface area contributed by atoms with Gasteiger partial charge in [-0.3, -0.25) is 4.79 Å². The number of carbonyl (C=O) groups excluding carboxylic acids is 1. The first kappa shape index (κ1) is 14.3. The van der Waals surface area contributed by atoms with Crippen LogP contribution in [0.3, 0.4) is 0 Å². The maximum absolute atomic E-state index is 11.0. The molecule has 0 saturated carbocycles. The van der Waals surface area contributed by atoms with Crippen LogP contribution in [0.5, 0.6) is 0 Å². The topological polar surface area (TPSA) is 100 Å². The van der Waals surface area contributed by atoms with Crippen molar-refractivity contribution < 1.29 is 4.79 Å². The van der Waals surface area contributed by atoms with Gasteiger partial charge in [-0.25, -0.2) is 0 Å². The molecule has 0 aliphatic carbocycles. The van der Waals surface area contributed by atoms with Gasteiger partial charge in [0.05, 0.1) is 0 Å². The number of nitrogens with zero attached hydrogens (tertiary/aromatic N) is 5. The van der Waals surface area contributed by atoms with Crippen molar-refractivity contribution >= 4 is 23.8 Å². The van der Waals surface area contributed by atoms with Gasteiger partial charge in [-0.1, -0.05) is 0 Å². The molecular weight excluding hydrogens is 258 g/mol. The number of carbonyl (C=O) groups is 1. The molecule has 8 nitrogen and oxygen atoms in total. The van der Waals surface area contributed by atoms with Gasteiger partial charge in [-0.05, 0) is 12.8 Å². The number of aromatic nitrogens is 3. The molecule has 20 heavy (non-hydrogen) atoms. The monoisotopic (exact) mass is 279 g/mol. The molecule has 0 bridgehead atoms. The SMILES string of the molecule is CC(=O)NC1CCN(c2nc(N)nc(N(C)C)n2)CC1. The number of piperidine rings is 1. The molecule has 0 atom stereocenters. The molecule has 3 N–H and O–H groups in total. The Bertz CT molecular complexity index is 483. The standard InChI is InChI=1S/C12H21N7O/c1-8(20)14-9-4-6-19(7-5-9)12-16-10(13)15-11(17-12)18(2)3/h9H,4-7H2,1-3H3,(H,14,20)(H2,13,15,16,17). The van der Waals surface area contributed by atoms with Crippen molar-refractivity contribution in [3.63, 3.8) is 0 Å². The van der Waals surface area contributed by atoms with E-state index >= 15 is 0 Å². The molecule has 110 valence electrons. The highest BCUT2D eigenvalue weighted by Crippen LogP contribution is 2.18. The van der Waals surface area contributed by atoms with E-state index in [1.54, 1.807) is 11.8 Å². The second-order valence-electron chi connectivity index (χ2n) is 5.15. The van der Waals surface area contributed by atoms with E-state index in [-0.39, 0.29) is 17.9 Å². The molecule has 2 heterocycles. The van der Waals surface area contributed by atoms with E-state index in [1.807, 2.05) is 14.1 Å². The third kappa shape index (κ3) is 3.46. The van der Waals surface area contributed by atoms with E-state index in [0.29, 0.717) is 11.9 Å². The summed E-state index contributed by atoms with van der Waals surface area (Å²) in [5, 5.41) is 2.94. The van der Waals surface area contributed by atoms with Crippen LogP contribution in [0.2, 0.25) is 0 Å². The van der Waals surface area contributed by atoms with E-state index in [0.717, 1.165) is 25.9 Å². The summed E-state index contributed by atoms with van der Waals surface area (Å²) in [4.78, 5) is 27.6. The van der Waals surface area contributed by atoms with E-state index in [2.05, 4.69) is 25.2 Å². The largest absolute Gasteiger partial charge is 0.368 e. The van der Waals surface area contributed by atoms with E-state index < -0.39 is 0 Å². The Morgan fingerprint density at radius 3 is 2.50 bits per heavy atom. The summed E-state index contributed by atoms with van der Waals surface area (Å²) in [6.07, 6.45) is 1.75. The Kier molecular flexibility index (Phi) is 4.21.